The predicted octanol–water partition coefficient (Wildman–Crippen LogP) is 2.38. The second kappa shape index (κ2) is 5.88. The quantitative estimate of drug-likeness (QED) is 0.891. The van der Waals surface area contributed by atoms with Crippen LogP contribution in [0.2, 0.25) is 0 Å². The highest BCUT2D eigenvalue weighted by Gasteiger charge is 2.22. The van der Waals surface area contributed by atoms with Crippen molar-refractivity contribution in [3.8, 4) is 0 Å². The molecule has 1 saturated heterocycles. The van der Waals surface area contributed by atoms with Crippen molar-refractivity contribution >= 4 is 5.69 Å². The molecule has 0 saturated carbocycles. The van der Waals surface area contributed by atoms with E-state index in [0.717, 1.165) is 31.6 Å². The Morgan fingerprint density at radius 2 is 2.11 bits per heavy atom. The average molecular weight is 265 g/mol. The number of nitrogens with two attached hydrogens (primary N) is 1. The summed E-state index contributed by atoms with van der Waals surface area (Å²) < 4.78 is 14.3. The molecule has 0 amide bonds. The molecule has 0 aromatic heterocycles. The van der Waals surface area contributed by atoms with Crippen molar-refractivity contribution < 1.29 is 4.39 Å². The van der Waals surface area contributed by atoms with Crippen molar-refractivity contribution in [2.24, 2.45) is 5.73 Å². The van der Waals surface area contributed by atoms with Crippen LogP contribution in [0.15, 0.2) is 18.2 Å². The van der Waals surface area contributed by atoms with Crippen molar-refractivity contribution in [3.63, 3.8) is 0 Å². The van der Waals surface area contributed by atoms with Crippen molar-refractivity contribution in [1.29, 1.82) is 0 Å². The van der Waals surface area contributed by atoms with Gasteiger partial charge in [-0.05, 0) is 51.6 Å². The van der Waals surface area contributed by atoms with Gasteiger partial charge < -0.3 is 15.5 Å². The Bertz CT molecular complexity index is 433. The van der Waals surface area contributed by atoms with Crippen molar-refractivity contribution in [2.45, 2.75) is 32.4 Å². The Hall–Kier alpha value is -1.13. The van der Waals surface area contributed by atoms with Crippen LogP contribution in [-0.4, -0.2) is 37.6 Å². The predicted molar refractivity (Wildman–Crippen MR) is 77.9 cm³/mol. The van der Waals surface area contributed by atoms with Crippen LogP contribution in [0, 0.1) is 5.82 Å². The molecule has 106 valence electrons. The molecule has 1 aromatic rings. The minimum Gasteiger partial charge on any atom is -0.365 e. The smallest absolute Gasteiger partial charge is 0.146 e. The fraction of sp³-hybridized carbons (Fsp3) is 0.600. The summed E-state index contributed by atoms with van der Waals surface area (Å²) in [6, 6.07) is 5.57. The first-order valence-corrected chi connectivity index (χ1v) is 6.99. The maximum atomic E-state index is 14.3. The van der Waals surface area contributed by atoms with Crippen LogP contribution < -0.4 is 10.6 Å². The van der Waals surface area contributed by atoms with Gasteiger partial charge in [0.2, 0.25) is 0 Å². The molecule has 1 aliphatic heterocycles. The molecule has 1 aromatic carbocycles. The lowest BCUT2D eigenvalue weighted by atomic mass is 10.1. The summed E-state index contributed by atoms with van der Waals surface area (Å²) in [5.41, 5.74) is 7.34. The number of hydrogen-bond donors (Lipinski definition) is 1. The topological polar surface area (TPSA) is 32.5 Å². The third kappa shape index (κ3) is 3.25. The zero-order valence-corrected chi connectivity index (χ0v) is 12.1. The summed E-state index contributed by atoms with van der Waals surface area (Å²) in [6.07, 6.45) is 1.06. The number of benzene rings is 1. The van der Waals surface area contributed by atoms with Gasteiger partial charge in [0, 0.05) is 25.2 Å². The Balaban J connectivity index is 2.25. The molecule has 4 heteroatoms. The molecule has 1 fully saturated rings. The molecule has 2 unspecified atom stereocenters. The highest BCUT2D eigenvalue weighted by atomic mass is 19.1. The molecule has 0 bridgehead atoms. The van der Waals surface area contributed by atoms with E-state index in [0.29, 0.717) is 11.7 Å². The van der Waals surface area contributed by atoms with Gasteiger partial charge >= 0.3 is 0 Å². The Morgan fingerprint density at radius 3 is 2.74 bits per heavy atom. The summed E-state index contributed by atoms with van der Waals surface area (Å²) in [7, 11) is 2.12. The van der Waals surface area contributed by atoms with Crippen LogP contribution in [-0.2, 0) is 0 Å². The lowest BCUT2D eigenvalue weighted by Crippen LogP contribution is -2.38. The van der Waals surface area contributed by atoms with Crippen molar-refractivity contribution in [3.05, 3.63) is 29.6 Å². The minimum atomic E-state index is -0.161. The molecular weight excluding hydrogens is 241 g/mol. The molecule has 0 spiro atoms. The van der Waals surface area contributed by atoms with Gasteiger partial charge in [-0.25, -0.2) is 4.39 Å². The maximum absolute atomic E-state index is 14.3. The Kier molecular flexibility index (Phi) is 4.42. The molecule has 3 nitrogen and oxygen atoms in total. The Labute approximate surface area is 115 Å². The van der Waals surface area contributed by atoms with Gasteiger partial charge in [-0.1, -0.05) is 6.07 Å². The third-order valence-electron chi connectivity index (χ3n) is 3.85. The highest BCUT2D eigenvalue weighted by molar-refractivity contribution is 5.50. The van der Waals surface area contributed by atoms with E-state index in [2.05, 4.69) is 23.8 Å². The molecule has 1 heterocycles. The minimum absolute atomic E-state index is 0.128. The zero-order chi connectivity index (χ0) is 14.0. The molecule has 2 rings (SSSR count). The number of hydrogen-bond acceptors (Lipinski definition) is 3. The first kappa shape index (κ1) is 14.3. The van der Waals surface area contributed by atoms with E-state index < -0.39 is 0 Å². The fourth-order valence-corrected chi connectivity index (χ4v) is 2.77. The molecular formula is C15H24FN3. The molecule has 0 radical (unpaired) electrons. The van der Waals surface area contributed by atoms with Gasteiger partial charge in [-0.3, -0.25) is 0 Å². The summed E-state index contributed by atoms with van der Waals surface area (Å²) >= 11 is 0. The third-order valence-corrected chi connectivity index (χ3v) is 3.85. The van der Waals surface area contributed by atoms with Gasteiger partial charge in [0.15, 0.2) is 0 Å². The lowest BCUT2D eigenvalue weighted by Gasteiger charge is -2.30. The summed E-state index contributed by atoms with van der Waals surface area (Å²) in [5, 5.41) is 0. The second-order valence-electron chi connectivity index (χ2n) is 5.66. The summed E-state index contributed by atoms with van der Waals surface area (Å²) in [6.45, 7) is 6.97. The largest absolute Gasteiger partial charge is 0.365 e. The second-order valence-corrected chi connectivity index (χ2v) is 5.66. The van der Waals surface area contributed by atoms with E-state index in [9.17, 15) is 4.39 Å². The van der Waals surface area contributed by atoms with Crippen LogP contribution >= 0.6 is 0 Å². The normalized spacial score (nSPS) is 23.2. The molecule has 19 heavy (non-hydrogen) atoms. The van der Waals surface area contributed by atoms with E-state index in [1.165, 1.54) is 0 Å². The van der Waals surface area contributed by atoms with Gasteiger partial charge in [0.25, 0.3) is 0 Å². The number of rotatable bonds is 2. The van der Waals surface area contributed by atoms with Crippen LogP contribution in [0.5, 0.6) is 0 Å². The van der Waals surface area contributed by atoms with Gasteiger partial charge in [-0.2, -0.15) is 0 Å². The van der Waals surface area contributed by atoms with Crippen LogP contribution in [0.25, 0.3) is 0 Å². The SMILES string of the molecule is CC(N)c1ccc(N2CCCN(C)CC2C)c(F)c1. The number of halogens is 1. The van der Waals surface area contributed by atoms with E-state index in [1.807, 2.05) is 19.1 Å². The standard InChI is InChI=1S/C15H24FN3/c1-11-10-18(3)7-4-8-19(11)15-6-5-13(12(2)17)9-14(15)16/h5-6,9,11-12H,4,7-8,10,17H2,1-3H3. The van der Waals surface area contributed by atoms with Gasteiger partial charge in [-0.15, -0.1) is 0 Å². The van der Waals surface area contributed by atoms with Crippen molar-refractivity contribution in [1.82, 2.24) is 4.90 Å². The first-order valence-electron chi connectivity index (χ1n) is 6.99. The van der Waals surface area contributed by atoms with Crippen LogP contribution in [0.3, 0.4) is 0 Å². The van der Waals surface area contributed by atoms with E-state index >= 15 is 0 Å². The summed E-state index contributed by atoms with van der Waals surface area (Å²) in [5.74, 6) is -0.161. The van der Waals surface area contributed by atoms with Gasteiger partial charge in [0.05, 0.1) is 5.69 Å². The van der Waals surface area contributed by atoms with Gasteiger partial charge in [0.1, 0.15) is 5.82 Å². The molecule has 2 atom stereocenters. The summed E-state index contributed by atoms with van der Waals surface area (Å²) in [4.78, 5) is 4.47. The van der Waals surface area contributed by atoms with Crippen LogP contribution in [0.4, 0.5) is 10.1 Å². The lowest BCUT2D eigenvalue weighted by molar-refractivity contribution is 0.337. The first-order chi connectivity index (χ1) is 8.99. The number of likely N-dealkylation sites (N-methyl/N-ethyl adjacent to an activating group) is 1. The molecule has 1 aliphatic rings. The Morgan fingerprint density at radius 1 is 1.37 bits per heavy atom. The number of nitrogens with zero attached hydrogens (tertiary/aromatic N) is 2. The zero-order valence-electron chi connectivity index (χ0n) is 12.1. The van der Waals surface area contributed by atoms with E-state index in [1.54, 1.807) is 6.07 Å². The maximum Gasteiger partial charge on any atom is 0.146 e. The fourth-order valence-electron chi connectivity index (χ4n) is 2.77. The van der Waals surface area contributed by atoms with E-state index in [-0.39, 0.29) is 11.9 Å². The van der Waals surface area contributed by atoms with Crippen LogP contribution in [0.1, 0.15) is 31.9 Å². The van der Waals surface area contributed by atoms with Crippen molar-refractivity contribution in [2.75, 3.05) is 31.6 Å². The number of anilines is 1. The molecule has 0 aliphatic carbocycles. The molecule has 2 N–H and O–H groups in total. The average Bonchev–Trinajstić information content (AvgIpc) is 2.50. The highest BCUT2D eigenvalue weighted by Crippen LogP contribution is 2.26. The monoisotopic (exact) mass is 265 g/mol. The van der Waals surface area contributed by atoms with E-state index in [4.69, 9.17) is 5.73 Å².